The van der Waals surface area contributed by atoms with Gasteiger partial charge in [0, 0.05) is 44.2 Å². The molecule has 4 rings (SSSR count). The van der Waals surface area contributed by atoms with E-state index in [1.54, 1.807) is 0 Å². The highest BCUT2D eigenvalue weighted by Gasteiger charge is 2.37. The minimum atomic E-state index is 0.289. The molecule has 0 aromatic heterocycles. The third-order valence-corrected chi connectivity index (χ3v) is 8.19. The quantitative estimate of drug-likeness (QED) is 0.451. The number of hydrogen-bond acceptors (Lipinski definition) is 3. The normalized spacial score (nSPS) is 19.3. The number of carbonyl (C=O) groups is 1. The molecule has 0 aliphatic carbocycles. The number of nitrogens with zero attached hydrogens (tertiary/aromatic N) is 2. The van der Waals surface area contributed by atoms with Gasteiger partial charge in [-0.1, -0.05) is 62.2 Å². The van der Waals surface area contributed by atoms with E-state index in [9.17, 15) is 4.79 Å². The number of likely N-dealkylation sites (tertiary alicyclic amines) is 1. The molecule has 36 heavy (non-hydrogen) atoms. The van der Waals surface area contributed by atoms with Gasteiger partial charge in [-0.15, -0.1) is 0 Å². The monoisotopic (exact) mass is 510 g/mol. The first-order valence-electron chi connectivity index (χ1n) is 13.9. The van der Waals surface area contributed by atoms with Gasteiger partial charge < -0.3 is 9.64 Å². The highest BCUT2D eigenvalue weighted by molar-refractivity contribution is 6.30. The minimum absolute atomic E-state index is 0.289. The number of fused-ring (bicyclic) bond motifs is 1. The van der Waals surface area contributed by atoms with Gasteiger partial charge >= 0.3 is 0 Å². The number of amides is 1. The second-order valence-electron chi connectivity index (χ2n) is 11.3. The van der Waals surface area contributed by atoms with Crippen molar-refractivity contribution in [2.75, 3.05) is 39.3 Å². The Labute approximate surface area is 223 Å². The molecular formula is C31H43ClN2O2. The molecule has 0 atom stereocenters. The number of piperidine rings is 1. The average molecular weight is 511 g/mol. The van der Waals surface area contributed by atoms with E-state index >= 15 is 0 Å². The Bertz CT molecular complexity index is 967. The van der Waals surface area contributed by atoms with E-state index in [-0.39, 0.29) is 5.91 Å². The number of halogens is 1. The molecule has 2 aromatic rings. The van der Waals surface area contributed by atoms with Crippen molar-refractivity contribution in [2.24, 2.45) is 11.3 Å². The van der Waals surface area contributed by atoms with Crippen LogP contribution in [-0.2, 0) is 17.6 Å². The Morgan fingerprint density at radius 3 is 2.50 bits per heavy atom. The maximum atomic E-state index is 13.0. The number of carbonyl (C=O) groups excluding carboxylic acids is 1. The molecule has 1 saturated heterocycles. The molecule has 0 unspecified atom stereocenters. The zero-order valence-corrected chi connectivity index (χ0v) is 22.9. The van der Waals surface area contributed by atoms with Crippen molar-refractivity contribution < 1.29 is 9.53 Å². The van der Waals surface area contributed by atoms with Crippen LogP contribution in [0.15, 0.2) is 48.5 Å². The van der Waals surface area contributed by atoms with Gasteiger partial charge in [-0.25, -0.2) is 0 Å². The summed E-state index contributed by atoms with van der Waals surface area (Å²) in [5, 5.41) is 0.741. The van der Waals surface area contributed by atoms with E-state index in [2.05, 4.69) is 47.9 Å². The summed E-state index contributed by atoms with van der Waals surface area (Å²) in [5.74, 6) is 1.97. The van der Waals surface area contributed by atoms with E-state index in [0.717, 1.165) is 75.8 Å². The predicted octanol–water partition coefficient (Wildman–Crippen LogP) is 6.64. The molecule has 1 fully saturated rings. The zero-order chi connectivity index (χ0) is 25.4. The van der Waals surface area contributed by atoms with E-state index in [1.807, 2.05) is 24.3 Å². The SMILES string of the molecule is CC(C)CN1CCOc2ccccc2CCCCC2(CCN(C(=O)CCc3ccc(Cl)cc3)CC2)C1. The molecule has 0 N–H and O–H groups in total. The Morgan fingerprint density at radius 1 is 1.00 bits per heavy atom. The second-order valence-corrected chi connectivity index (χ2v) is 11.7. The maximum absolute atomic E-state index is 13.0. The van der Waals surface area contributed by atoms with Crippen molar-refractivity contribution >= 4 is 17.5 Å². The van der Waals surface area contributed by atoms with Crippen molar-refractivity contribution in [2.45, 2.75) is 65.2 Å². The molecular weight excluding hydrogens is 468 g/mol. The van der Waals surface area contributed by atoms with Crippen LogP contribution in [0.2, 0.25) is 5.02 Å². The molecule has 2 aliphatic heterocycles. The number of para-hydroxylation sites is 1. The van der Waals surface area contributed by atoms with Gasteiger partial charge in [0.15, 0.2) is 0 Å². The average Bonchev–Trinajstić information content (AvgIpc) is 2.86. The number of rotatable bonds is 5. The largest absolute Gasteiger partial charge is 0.492 e. The zero-order valence-electron chi connectivity index (χ0n) is 22.2. The van der Waals surface area contributed by atoms with Crippen LogP contribution >= 0.6 is 11.6 Å². The second kappa shape index (κ2) is 13.0. The molecule has 0 saturated carbocycles. The lowest BCUT2D eigenvalue weighted by Crippen LogP contribution is -2.49. The molecule has 5 heteroatoms. The smallest absolute Gasteiger partial charge is 0.222 e. The summed E-state index contributed by atoms with van der Waals surface area (Å²) >= 11 is 6.00. The van der Waals surface area contributed by atoms with Crippen LogP contribution < -0.4 is 4.74 Å². The molecule has 196 valence electrons. The first kappa shape index (κ1) is 27.0. The summed E-state index contributed by atoms with van der Waals surface area (Å²) in [6, 6.07) is 16.4. The fourth-order valence-corrected chi connectivity index (χ4v) is 6.08. The number of hydrogen-bond donors (Lipinski definition) is 0. The Morgan fingerprint density at radius 2 is 1.75 bits per heavy atom. The van der Waals surface area contributed by atoms with Crippen molar-refractivity contribution in [3.8, 4) is 5.75 Å². The Kier molecular flexibility index (Phi) is 9.73. The lowest BCUT2D eigenvalue weighted by molar-refractivity contribution is -0.133. The van der Waals surface area contributed by atoms with E-state index in [0.29, 0.717) is 17.8 Å². The summed E-state index contributed by atoms with van der Waals surface area (Å²) in [7, 11) is 0. The Hall–Kier alpha value is -2.04. The van der Waals surface area contributed by atoms with E-state index < -0.39 is 0 Å². The summed E-state index contributed by atoms with van der Waals surface area (Å²) in [4.78, 5) is 17.8. The predicted molar refractivity (Wildman–Crippen MR) is 149 cm³/mol. The van der Waals surface area contributed by atoms with E-state index in [1.165, 1.54) is 30.4 Å². The summed E-state index contributed by atoms with van der Waals surface area (Å²) in [5.41, 5.74) is 2.80. The molecule has 0 bridgehead atoms. The van der Waals surface area contributed by atoms with Crippen molar-refractivity contribution in [3.05, 3.63) is 64.7 Å². The standard InChI is InChI=1S/C31H43ClN2O2/c1-25(2)23-33-21-22-36-29-9-4-3-7-27(29)8-5-6-16-31(24-33)17-19-34(20-18-31)30(35)15-12-26-10-13-28(32)14-11-26/h3-4,7,9-11,13-14,25H,5-6,8,12,15-24H2,1-2H3. The molecule has 1 amide bonds. The molecule has 2 heterocycles. The number of ether oxygens (including phenoxy) is 1. The van der Waals surface area contributed by atoms with Gasteiger partial charge in [0.1, 0.15) is 12.4 Å². The van der Waals surface area contributed by atoms with Crippen LogP contribution in [0, 0.1) is 11.3 Å². The van der Waals surface area contributed by atoms with Crippen LogP contribution in [0.3, 0.4) is 0 Å². The maximum Gasteiger partial charge on any atom is 0.222 e. The lowest BCUT2D eigenvalue weighted by Gasteiger charge is -2.45. The van der Waals surface area contributed by atoms with Crippen LogP contribution in [0.5, 0.6) is 5.75 Å². The summed E-state index contributed by atoms with van der Waals surface area (Å²) in [6.45, 7) is 10.3. The van der Waals surface area contributed by atoms with Crippen molar-refractivity contribution in [1.29, 1.82) is 0 Å². The molecule has 0 radical (unpaired) electrons. The van der Waals surface area contributed by atoms with Crippen molar-refractivity contribution in [3.63, 3.8) is 0 Å². The number of aryl methyl sites for hydroxylation is 2. The van der Waals surface area contributed by atoms with Gasteiger partial charge in [0.05, 0.1) is 0 Å². The lowest BCUT2D eigenvalue weighted by atomic mass is 9.73. The van der Waals surface area contributed by atoms with Crippen LogP contribution in [-0.4, -0.2) is 55.0 Å². The molecule has 4 nitrogen and oxygen atoms in total. The van der Waals surface area contributed by atoms with Gasteiger partial charge in [-0.05, 0) is 79.2 Å². The third-order valence-electron chi connectivity index (χ3n) is 7.94. The highest BCUT2D eigenvalue weighted by atomic mass is 35.5. The highest BCUT2D eigenvalue weighted by Crippen LogP contribution is 2.38. The first-order valence-corrected chi connectivity index (χ1v) is 14.3. The van der Waals surface area contributed by atoms with Crippen LogP contribution in [0.1, 0.15) is 63.5 Å². The molecule has 2 aromatic carbocycles. The van der Waals surface area contributed by atoms with Gasteiger partial charge in [-0.2, -0.15) is 0 Å². The fraction of sp³-hybridized carbons (Fsp3) is 0.581. The van der Waals surface area contributed by atoms with Crippen LogP contribution in [0.4, 0.5) is 0 Å². The van der Waals surface area contributed by atoms with Gasteiger partial charge in [0.2, 0.25) is 5.91 Å². The summed E-state index contributed by atoms with van der Waals surface area (Å²) < 4.78 is 6.26. The fourth-order valence-electron chi connectivity index (χ4n) is 5.96. The van der Waals surface area contributed by atoms with Gasteiger partial charge in [0.25, 0.3) is 0 Å². The summed E-state index contributed by atoms with van der Waals surface area (Å²) in [6.07, 6.45) is 8.31. The van der Waals surface area contributed by atoms with Crippen LogP contribution in [0.25, 0.3) is 0 Å². The first-order chi connectivity index (χ1) is 17.4. The minimum Gasteiger partial charge on any atom is -0.492 e. The van der Waals surface area contributed by atoms with Crippen molar-refractivity contribution in [1.82, 2.24) is 9.80 Å². The third kappa shape index (κ3) is 7.73. The molecule has 2 aliphatic rings. The van der Waals surface area contributed by atoms with Gasteiger partial charge in [-0.3, -0.25) is 9.69 Å². The molecule has 1 spiro atoms. The topological polar surface area (TPSA) is 32.8 Å². The number of benzene rings is 2. The van der Waals surface area contributed by atoms with E-state index in [4.69, 9.17) is 16.3 Å². The Balaban J connectivity index is 1.38.